The molecule has 0 radical (unpaired) electrons. The minimum atomic E-state index is 0.129. The number of hydrogen-bond acceptors (Lipinski definition) is 8. The van der Waals surface area contributed by atoms with E-state index in [4.69, 9.17) is 9.89 Å². The summed E-state index contributed by atoms with van der Waals surface area (Å²) in [5.41, 5.74) is 3.46. The van der Waals surface area contributed by atoms with Gasteiger partial charge in [0.15, 0.2) is 17.2 Å². The van der Waals surface area contributed by atoms with E-state index in [0.717, 1.165) is 11.1 Å². The summed E-state index contributed by atoms with van der Waals surface area (Å²) in [4.78, 5) is 17.0. The smallest absolute Gasteiger partial charge is 0.232 e. The van der Waals surface area contributed by atoms with Crippen LogP contribution < -0.4 is 0 Å². The van der Waals surface area contributed by atoms with Gasteiger partial charge in [-0.3, -0.25) is 0 Å². The van der Waals surface area contributed by atoms with Crippen molar-refractivity contribution >= 4 is 11.2 Å². The summed E-state index contributed by atoms with van der Waals surface area (Å²) in [6.07, 6.45) is 4.92. The largest absolute Gasteiger partial charge is 0.303 e. The lowest BCUT2D eigenvalue weighted by molar-refractivity contribution is 0.305. The fraction of sp³-hybridized carbons (Fsp3) is 0.133. The lowest BCUT2D eigenvalue weighted by Gasteiger charge is -2.06. The van der Waals surface area contributed by atoms with Crippen molar-refractivity contribution in [3.8, 4) is 17.6 Å². The van der Waals surface area contributed by atoms with E-state index in [0.29, 0.717) is 29.4 Å². The molecule has 9 heteroatoms. The molecular weight excluding hydrogens is 308 g/mol. The molecule has 0 aliphatic carbocycles. The van der Waals surface area contributed by atoms with E-state index < -0.39 is 0 Å². The van der Waals surface area contributed by atoms with E-state index in [-0.39, 0.29) is 5.82 Å². The molecule has 0 aromatic carbocycles. The average Bonchev–Trinajstić information content (AvgIpc) is 3.19. The molecule has 0 fully saturated rings. The van der Waals surface area contributed by atoms with Gasteiger partial charge in [-0.05, 0) is 24.2 Å². The van der Waals surface area contributed by atoms with Crippen LogP contribution in [0.25, 0.3) is 22.7 Å². The summed E-state index contributed by atoms with van der Waals surface area (Å²) in [6, 6.07) is 5.60. The monoisotopic (exact) mass is 318 g/mol. The van der Waals surface area contributed by atoms with E-state index in [1.165, 1.54) is 0 Å². The topological polar surface area (TPSA) is 119 Å². The fourth-order valence-corrected chi connectivity index (χ4v) is 2.40. The summed E-state index contributed by atoms with van der Waals surface area (Å²) in [7, 11) is 0. The highest BCUT2D eigenvalue weighted by molar-refractivity contribution is 5.76. The molecule has 0 atom stereocenters. The molecule has 9 nitrogen and oxygen atoms in total. The lowest BCUT2D eigenvalue weighted by Crippen LogP contribution is -2.05. The van der Waals surface area contributed by atoms with E-state index in [1.807, 2.05) is 22.8 Å². The summed E-state index contributed by atoms with van der Waals surface area (Å²) in [5.74, 6) is 0.732. The van der Waals surface area contributed by atoms with Crippen molar-refractivity contribution in [1.82, 2.24) is 34.8 Å². The van der Waals surface area contributed by atoms with Gasteiger partial charge in [0, 0.05) is 24.2 Å². The van der Waals surface area contributed by atoms with Gasteiger partial charge in [-0.25, -0.2) is 24.6 Å². The molecule has 24 heavy (non-hydrogen) atoms. The Hall–Kier alpha value is -3.67. The third kappa shape index (κ3) is 2.26. The summed E-state index contributed by atoms with van der Waals surface area (Å²) in [5, 5.41) is 16.6. The Morgan fingerprint density at radius 1 is 1.21 bits per heavy atom. The van der Waals surface area contributed by atoms with Crippen molar-refractivity contribution in [1.29, 1.82) is 5.26 Å². The Labute approximate surface area is 135 Å². The third-order valence-corrected chi connectivity index (χ3v) is 3.51. The van der Waals surface area contributed by atoms with Crippen molar-refractivity contribution in [2.24, 2.45) is 0 Å². The van der Waals surface area contributed by atoms with Crippen molar-refractivity contribution in [2.45, 2.75) is 13.5 Å². The maximum atomic E-state index is 8.80. The normalized spacial score (nSPS) is 10.8. The van der Waals surface area contributed by atoms with Crippen LogP contribution in [-0.2, 0) is 6.54 Å². The first-order chi connectivity index (χ1) is 11.8. The second-order valence-electron chi connectivity index (χ2n) is 5.09. The zero-order valence-corrected chi connectivity index (χ0v) is 12.6. The predicted molar refractivity (Wildman–Crippen MR) is 81.4 cm³/mol. The first-order valence-corrected chi connectivity index (χ1v) is 7.08. The Kier molecular flexibility index (Phi) is 3.20. The highest BCUT2D eigenvalue weighted by Gasteiger charge is 2.19. The van der Waals surface area contributed by atoms with Gasteiger partial charge in [-0.2, -0.15) is 5.26 Å². The van der Waals surface area contributed by atoms with E-state index in [2.05, 4.69) is 30.2 Å². The maximum Gasteiger partial charge on any atom is 0.232 e. The molecule has 0 N–H and O–H groups in total. The van der Waals surface area contributed by atoms with Gasteiger partial charge in [0.05, 0.1) is 6.54 Å². The van der Waals surface area contributed by atoms with Crippen LogP contribution in [0.4, 0.5) is 0 Å². The highest BCUT2D eigenvalue weighted by Crippen LogP contribution is 2.24. The van der Waals surface area contributed by atoms with Gasteiger partial charge in [-0.1, -0.05) is 5.16 Å². The number of hydrogen-bond donors (Lipinski definition) is 0. The number of aromatic nitrogens is 7. The standard InChI is InChI=1S/C15H10N8O/c1-9-13(22-24-21-9)15-20-11-3-2-4-17-14(11)23(15)8-10-6-18-12(5-16)19-7-10/h2-4,6-7H,8H2,1H3. The van der Waals surface area contributed by atoms with Crippen LogP contribution in [0, 0.1) is 18.3 Å². The molecule has 116 valence electrons. The molecule has 0 spiro atoms. The highest BCUT2D eigenvalue weighted by atomic mass is 16.6. The first-order valence-electron chi connectivity index (χ1n) is 7.08. The number of rotatable bonds is 3. The third-order valence-electron chi connectivity index (χ3n) is 3.51. The van der Waals surface area contributed by atoms with Gasteiger partial charge < -0.3 is 4.57 Å². The van der Waals surface area contributed by atoms with Crippen molar-refractivity contribution in [2.75, 3.05) is 0 Å². The number of pyridine rings is 1. The Morgan fingerprint density at radius 3 is 2.75 bits per heavy atom. The molecule has 0 aliphatic rings. The molecular formula is C15H10N8O. The van der Waals surface area contributed by atoms with E-state index >= 15 is 0 Å². The van der Waals surface area contributed by atoms with Crippen molar-refractivity contribution in [3.05, 3.63) is 47.8 Å². The molecule has 4 heterocycles. The molecule has 0 aliphatic heterocycles. The minimum Gasteiger partial charge on any atom is -0.303 e. The zero-order chi connectivity index (χ0) is 16.5. The quantitative estimate of drug-likeness (QED) is 0.557. The summed E-state index contributed by atoms with van der Waals surface area (Å²) >= 11 is 0. The minimum absolute atomic E-state index is 0.129. The van der Waals surface area contributed by atoms with Gasteiger partial charge in [0.1, 0.15) is 17.3 Å². The molecule has 0 unspecified atom stereocenters. The molecule has 0 bridgehead atoms. The zero-order valence-electron chi connectivity index (χ0n) is 12.6. The second-order valence-corrected chi connectivity index (χ2v) is 5.09. The summed E-state index contributed by atoms with van der Waals surface area (Å²) < 4.78 is 6.69. The number of nitrogens with zero attached hydrogens (tertiary/aromatic N) is 8. The summed E-state index contributed by atoms with van der Waals surface area (Å²) in [6.45, 7) is 2.23. The van der Waals surface area contributed by atoms with Crippen LogP contribution in [0.2, 0.25) is 0 Å². The lowest BCUT2D eigenvalue weighted by atomic mass is 10.3. The number of aryl methyl sites for hydroxylation is 1. The van der Waals surface area contributed by atoms with Crippen LogP contribution in [0.15, 0.2) is 35.4 Å². The average molecular weight is 318 g/mol. The van der Waals surface area contributed by atoms with Gasteiger partial charge in [-0.15, -0.1) is 0 Å². The Balaban J connectivity index is 1.86. The Morgan fingerprint density at radius 2 is 2.04 bits per heavy atom. The van der Waals surface area contributed by atoms with Gasteiger partial charge >= 0.3 is 0 Å². The van der Waals surface area contributed by atoms with Crippen LogP contribution in [-0.4, -0.2) is 34.8 Å². The van der Waals surface area contributed by atoms with E-state index in [9.17, 15) is 0 Å². The van der Waals surface area contributed by atoms with Crippen molar-refractivity contribution < 1.29 is 4.63 Å². The predicted octanol–water partition coefficient (Wildman–Crippen LogP) is 1.50. The number of imidazole rings is 1. The number of nitriles is 1. The SMILES string of the molecule is Cc1nonc1-c1nc2cccnc2n1Cc1cnc(C#N)nc1. The fourth-order valence-electron chi connectivity index (χ4n) is 2.40. The molecule has 0 saturated heterocycles. The van der Waals surface area contributed by atoms with Gasteiger partial charge in [0.2, 0.25) is 5.82 Å². The van der Waals surface area contributed by atoms with Crippen LogP contribution in [0.3, 0.4) is 0 Å². The van der Waals surface area contributed by atoms with E-state index in [1.54, 1.807) is 25.5 Å². The number of fused-ring (bicyclic) bond motifs is 1. The molecule has 4 aromatic heterocycles. The Bertz CT molecular complexity index is 1060. The van der Waals surface area contributed by atoms with Crippen LogP contribution >= 0.6 is 0 Å². The van der Waals surface area contributed by atoms with Crippen molar-refractivity contribution in [3.63, 3.8) is 0 Å². The maximum absolute atomic E-state index is 8.80. The van der Waals surface area contributed by atoms with Crippen LogP contribution in [0.1, 0.15) is 17.1 Å². The molecule has 0 amide bonds. The van der Waals surface area contributed by atoms with Gasteiger partial charge in [0.25, 0.3) is 0 Å². The molecule has 0 saturated carbocycles. The first kappa shape index (κ1) is 14.0. The molecule has 4 aromatic rings. The molecule has 4 rings (SSSR count). The van der Waals surface area contributed by atoms with Crippen LogP contribution in [0.5, 0.6) is 0 Å². The second kappa shape index (κ2) is 5.51.